The maximum atomic E-state index is 11.8. The monoisotopic (exact) mass is 248 g/mol. The molecule has 0 saturated heterocycles. The average molecular weight is 248 g/mol. The molecule has 0 spiro atoms. The lowest BCUT2D eigenvalue weighted by atomic mass is 10.1. The van der Waals surface area contributed by atoms with E-state index in [1.807, 2.05) is 0 Å². The minimum Gasteiger partial charge on any atom is -0.467 e. The average Bonchev–Trinajstić information content (AvgIpc) is 2.79. The highest BCUT2D eigenvalue weighted by Gasteiger charge is 2.30. The molecular weight excluding hydrogens is 240 g/mol. The Balaban J connectivity index is 2.24. The molecule has 2 amide bonds. The Bertz CT molecular complexity index is 712. The number of aromatic amines is 2. The first-order chi connectivity index (χ1) is 8.65. The lowest BCUT2D eigenvalue weighted by Gasteiger charge is -2.23. The molecule has 18 heavy (non-hydrogen) atoms. The van der Waals surface area contributed by atoms with Crippen molar-refractivity contribution in [2.24, 2.45) is 0 Å². The Morgan fingerprint density at radius 3 is 2.72 bits per heavy atom. The fourth-order valence-corrected chi connectivity index (χ4v) is 1.89. The van der Waals surface area contributed by atoms with E-state index in [4.69, 9.17) is 4.42 Å². The van der Waals surface area contributed by atoms with Gasteiger partial charge in [0.25, 0.3) is 5.56 Å². The SMILES string of the molecule is O=C1Nc2[nH]c(=O)[nH]c(=O)c2C(c2ccco2)N1. The highest BCUT2D eigenvalue weighted by Crippen LogP contribution is 2.26. The van der Waals surface area contributed by atoms with E-state index in [9.17, 15) is 14.4 Å². The normalized spacial score (nSPS) is 17.8. The van der Waals surface area contributed by atoms with Crippen LogP contribution in [0.15, 0.2) is 32.4 Å². The van der Waals surface area contributed by atoms with E-state index >= 15 is 0 Å². The molecule has 92 valence electrons. The fraction of sp³-hybridized carbons (Fsp3) is 0.100. The first kappa shape index (κ1) is 10.4. The number of anilines is 1. The van der Waals surface area contributed by atoms with Gasteiger partial charge in [-0.15, -0.1) is 0 Å². The number of urea groups is 1. The predicted octanol–water partition coefficient (Wildman–Crippen LogP) is -0.119. The van der Waals surface area contributed by atoms with E-state index in [0.29, 0.717) is 5.76 Å². The first-order valence-corrected chi connectivity index (χ1v) is 5.12. The predicted molar refractivity (Wildman–Crippen MR) is 60.4 cm³/mol. The van der Waals surface area contributed by atoms with Gasteiger partial charge in [0.15, 0.2) is 0 Å². The van der Waals surface area contributed by atoms with Gasteiger partial charge >= 0.3 is 11.7 Å². The quantitative estimate of drug-likeness (QED) is 0.562. The largest absolute Gasteiger partial charge is 0.467 e. The number of fused-ring (bicyclic) bond motifs is 1. The van der Waals surface area contributed by atoms with E-state index < -0.39 is 23.3 Å². The summed E-state index contributed by atoms with van der Waals surface area (Å²) in [5, 5.41) is 4.92. The second-order valence-corrected chi connectivity index (χ2v) is 3.74. The molecular formula is C10H8N4O4. The molecule has 1 atom stereocenters. The molecule has 1 unspecified atom stereocenters. The van der Waals surface area contributed by atoms with Crippen LogP contribution in [0.2, 0.25) is 0 Å². The number of carbonyl (C=O) groups excluding carboxylic acids is 1. The summed E-state index contributed by atoms with van der Waals surface area (Å²) in [5.41, 5.74) is -1.06. The minimum absolute atomic E-state index is 0.0777. The summed E-state index contributed by atoms with van der Waals surface area (Å²) in [7, 11) is 0. The van der Waals surface area contributed by atoms with Gasteiger partial charge in [-0.25, -0.2) is 9.59 Å². The van der Waals surface area contributed by atoms with Crippen molar-refractivity contribution in [3.8, 4) is 0 Å². The molecule has 1 aliphatic rings. The van der Waals surface area contributed by atoms with Crippen LogP contribution in [0.3, 0.4) is 0 Å². The van der Waals surface area contributed by atoms with Gasteiger partial charge in [-0.05, 0) is 12.1 Å². The molecule has 3 rings (SSSR count). The second kappa shape index (κ2) is 3.62. The number of aromatic nitrogens is 2. The smallest absolute Gasteiger partial charge is 0.327 e. The van der Waals surface area contributed by atoms with E-state index in [-0.39, 0.29) is 11.4 Å². The maximum absolute atomic E-state index is 11.8. The van der Waals surface area contributed by atoms with E-state index in [1.165, 1.54) is 6.26 Å². The lowest BCUT2D eigenvalue weighted by molar-refractivity contribution is 0.247. The number of amides is 2. The molecule has 1 aliphatic heterocycles. The molecule has 0 aromatic carbocycles. The van der Waals surface area contributed by atoms with Crippen LogP contribution in [0.25, 0.3) is 0 Å². The zero-order valence-corrected chi connectivity index (χ0v) is 8.94. The molecule has 0 fully saturated rings. The standard InChI is InChI=1S/C10H8N4O4/c15-8-5-6(4-2-1-3-18-4)11-9(16)12-7(5)13-10(17)14-8/h1-3,6H,(H4,11,12,13,14,15,16,17). The molecule has 4 N–H and O–H groups in total. The van der Waals surface area contributed by atoms with E-state index in [1.54, 1.807) is 12.1 Å². The van der Waals surface area contributed by atoms with Crippen molar-refractivity contribution in [2.75, 3.05) is 5.32 Å². The Morgan fingerprint density at radius 1 is 1.17 bits per heavy atom. The number of H-pyrrole nitrogens is 2. The van der Waals surface area contributed by atoms with Gasteiger partial charge in [0.1, 0.15) is 17.6 Å². The number of carbonyl (C=O) groups is 1. The zero-order chi connectivity index (χ0) is 12.7. The van der Waals surface area contributed by atoms with Crippen molar-refractivity contribution in [2.45, 2.75) is 6.04 Å². The highest BCUT2D eigenvalue weighted by atomic mass is 16.3. The van der Waals surface area contributed by atoms with Gasteiger partial charge in [-0.3, -0.25) is 20.1 Å². The van der Waals surface area contributed by atoms with Crippen LogP contribution >= 0.6 is 0 Å². The Hall–Kier alpha value is -2.77. The summed E-state index contributed by atoms with van der Waals surface area (Å²) in [6, 6.07) is 2.02. The van der Waals surface area contributed by atoms with Crippen LogP contribution in [0.5, 0.6) is 0 Å². The molecule has 2 aromatic heterocycles. The number of furan rings is 1. The number of rotatable bonds is 1. The molecule has 2 aromatic rings. The minimum atomic E-state index is -0.732. The molecule has 8 heteroatoms. The van der Waals surface area contributed by atoms with Crippen molar-refractivity contribution in [1.82, 2.24) is 15.3 Å². The van der Waals surface area contributed by atoms with Gasteiger partial charge < -0.3 is 9.73 Å². The molecule has 8 nitrogen and oxygen atoms in total. The third-order valence-corrected chi connectivity index (χ3v) is 2.61. The molecule has 0 radical (unpaired) electrons. The van der Waals surface area contributed by atoms with Gasteiger partial charge in [0.05, 0.1) is 11.8 Å². The van der Waals surface area contributed by atoms with Gasteiger partial charge in [-0.1, -0.05) is 0 Å². The first-order valence-electron chi connectivity index (χ1n) is 5.12. The number of nitrogens with one attached hydrogen (secondary N) is 4. The molecule has 0 saturated carbocycles. The topological polar surface area (TPSA) is 120 Å². The van der Waals surface area contributed by atoms with Gasteiger partial charge in [0.2, 0.25) is 0 Å². The summed E-state index contributed by atoms with van der Waals surface area (Å²) >= 11 is 0. The third-order valence-electron chi connectivity index (χ3n) is 2.61. The Labute approximate surface area is 99.0 Å². The van der Waals surface area contributed by atoms with E-state index in [2.05, 4.69) is 20.6 Å². The van der Waals surface area contributed by atoms with Crippen LogP contribution in [0.4, 0.5) is 10.6 Å². The Kier molecular flexibility index (Phi) is 2.09. The van der Waals surface area contributed by atoms with Crippen molar-refractivity contribution in [1.29, 1.82) is 0 Å². The lowest BCUT2D eigenvalue weighted by Crippen LogP contribution is -2.44. The highest BCUT2D eigenvalue weighted by molar-refractivity contribution is 5.92. The van der Waals surface area contributed by atoms with Crippen LogP contribution in [0, 0.1) is 0 Å². The summed E-state index contributed by atoms with van der Waals surface area (Å²) in [6.45, 7) is 0. The van der Waals surface area contributed by atoms with Crippen LogP contribution in [-0.2, 0) is 0 Å². The summed E-state index contributed by atoms with van der Waals surface area (Å²) in [4.78, 5) is 38.9. The number of hydrogen-bond donors (Lipinski definition) is 4. The van der Waals surface area contributed by atoms with Crippen molar-refractivity contribution < 1.29 is 9.21 Å². The Morgan fingerprint density at radius 2 is 2.00 bits per heavy atom. The summed E-state index contributed by atoms with van der Waals surface area (Å²) < 4.78 is 5.18. The van der Waals surface area contributed by atoms with Crippen molar-refractivity contribution in [3.05, 3.63) is 50.6 Å². The summed E-state index contributed by atoms with van der Waals surface area (Å²) in [5.74, 6) is 0.484. The van der Waals surface area contributed by atoms with Crippen molar-refractivity contribution in [3.63, 3.8) is 0 Å². The molecule has 3 heterocycles. The van der Waals surface area contributed by atoms with E-state index in [0.717, 1.165) is 0 Å². The summed E-state index contributed by atoms with van der Waals surface area (Å²) in [6.07, 6.45) is 1.43. The van der Waals surface area contributed by atoms with Gasteiger partial charge in [0, 0.05) is 0 Å². The van der Waals surface area contributed by atoms with Crippen LogP contribution in [0.1, 0.15) is 17.4 Å². The van der Waals surface area contributed by atoms with Crippen molar-refractivity contribution >= 4 is 11.8 Å². The van der Waals surface area contributed by atoms with Crippen LogP contribution < -0.4 is 21.9 Å². The third kappa shape index (κ3) is 1.51. The number of hydrogen-bond acceptors (Lipinski definition) is 4. The van der Waals surface area contributed by atoms with Crippen LogP contribution in [-0.4, -0.2) is 16.0 Å². The molecule has 0 aliphatic carbocycles. The zero-order valence-electron chi connectivity index (χ0n) is 8.94. The van der Waals surface area contributed by atoms with Gasteiger partial charge in [-0.2, -0.15) is 0 Å². The molecule has 0 bridgehead atoms. The second-order valence-electron chi connectivity index (χ2n) is 3.74. The fourth-order valence-electron chi connectivity index (χ4n) is 1.89. The maximum Gasteiger partial charge on any atom is 0.327 e.